The van der Waals surface area contributed by atoms with Crippen molar-refractivity contribution in [3.63, 3.8) is 0 Å². The van der Waals surface area contributed by atoms with Gasteiger partial charge >= 0.3 is 20.1 Å². The second kappa shape index (κ2) is 14.4. The fourth-order valence-electron chi connectivity index (χ4n) is 3.95. The lowest BCUT2D eigenvalue weighted by atomic mass is 9.95. The van der Waals surface area contributed by atoms with Crippen LogP contribution in [0.4, 0.5) is 19.8 Å². The summed E-state index contributed by atoms with van der Waals surface area (Å²) in [4.78, 5) is 31.8. The molecule has 1 aromatic rings. The number of halogens is 1. The molecule has 1 unspecified atom stereocenters. The van der Waals surface area contributed by atoms with Crippen LogP contribution < -0.4 is 5.32 Å². The maximum atomic E-state index is 16.2. The number of anilines is 1. The Labute approximate surface area is 252 Å². The number of nitrogens with zero attached hydrogens (tertiary/aromatic N) is 3. The summed E-state index contributed by atoms with van der Waals surface area (Å²) < 4.78 is 75.3. The lowest BCUT2D eigenvalue weighted by molar-refractivity contribution is -0.206. The molecule has 44 heavy (non-hydrogen) atoms. The van der Waals surface area contributed by atoms with Gasteiger partial charge in [0.2, 0.25) is 19.5 Å². The first-order chi connectivity index (χ1) is 20.5. The smallest absolute Gasteiger partial charge is 0.477 e. The average Bonchev–Trinajstić information content (AvgIpc) is 3.39. The Bertz CT molecular complexity index is 1210. The van der Waals surface area contributed by atoms with E-state index in [4.69, 9.17) is 32.5 Å². The highest BCUT2D eigenvalue weighted by atomic mass is 31.2. The number of carbonyl (C=O) groups excluding carboxylic acids is 2. The zero-order valence-corrected chi connectivity index (χ0v) is 26.1. The number of hydrogen-bond donors (Lipinski definition) is 3. The van der Waals surface area contributed by atoms with Gasteiger partial charge in [-0.1, -0.05) is 0 Å². The van der Waals surface area contributed by atoms with Crippen molar-refractivity contribution in [3.8, 4) is 0 Å². The van der Waals surface area contributed by atoms with Crippen LogP contribution in [-0.4, -0.2) is 101 Å². The van der Waals surface area contributed by atoms with E-state index in [0.29, 0.717) is 0 Å². The summed E-state index contributed by atoms with van der Waals surface area (Å²) in [6.07, 6.45) is -6.64. The number of ether oxygens (including phenoxy) is 6. The molecule has 0 aromatic carbocycles. The van der Waals surface area contributed by atoms with Crippen LogP contribution in [0.2, 0.25) is 0 Å². The minimum Gasteiger partial charge on any atom is -0.477 e. The Morgan fingerprint density at radius 3 is 2.23 bits per heavy atom. The summed E-state index contributed by atoms with van der Waals surface area (Å²) in [6, 6.07) is 0. The number of carbonyl (C=O) groups is 2. The van der Waals surface area contributed by atoms with Crippen LogP contribution in [-0.2, 0) is 46.6 Å². The van der Waals surface area contributed by atoms with Crippen LogP contribution in [0.5, 0.6) is 0 Å². The zero-order valence-electron chi connectivity index (χ0n) is 25.3. The topological polar surface area (TPSA) is 217 Å². The molecule has 2 aliphatic heterocycles. The summed E-state index contributed by atoms with van der Waals surface area (Å²) in [5.74, 6) is -2.76. The number of aliphatic imine (C=N–C) groups is 1. The van der Waals surface area contributed by atoms with E-state index in [1.54, 1.807) is 41.5 Å². The van der Waals surface area contributed by atoms with Gasteiger partial charge in [-0.05, 0) is 48.5 Å². The third-order valence-corrected chi connectivity index (χ3v) is 7.10. The maximum Gasteiger partial charge on any atom is 0.510 e. The molecule has 1 fully saturated rings. The number of phosphoric acid groups is 1. The number of fused-ring (bicyclic) bond motifs is 1. The Kier molecular flexibility index (Phi) is 11.6. The lowest BCUT2D eigenvalue weighted by Gasteiger charge is -2.29. The van der Waals surface area contributed by atoms with Gasteiger partial charge in [-0.3, -0.25) is 9.09 Å². The first kappa shape index (κ1) is 35.4. The molecule has 0 radical (unpaired) electrons. The standard InChI is InChI=1S/C24H38FN4O14P/c1-8-35-18-16-17(27-15(6)28-18)29(10-26-16)20-23(7,33)19(30)24(25,43-20)9-38-44(34,39-11-36-21(31)41-13(2)3)40-12-37-22(32)42-14(4)5/h10,13-15,19-20,27,30,33H,8-9,11-12H2,1-7H3/t15?,19-,20+,23+,24+/m0/s1. The van der Waals surface area contributed by atoms with Crippen molar-refractivity contribution in [1.29, 1.82) is 0 Å². The summed E-state index contributed by atoms with van der Waals surface area (Å²) in [5, 5.41) is 25.0. The molecular formula is C24H38FN4O14P. The normalized spacial score (nSPS) is 26.5. The van der Waals surface area contributed by atoms with Gasteiger partial charge in [-0.2, -0.15) is 0 Å². The molecule has 0 saturated carbocycles. The first-order valence-corrected chi connectivity index (χ1v) is 15.0. The first-order valence-electron chi connectivity index (χ1n) is 13.5. The lowest BCUT2D eigenvalue weighted by Crippen LogP contribution is -2.49. The van der Waals surface area contributed by atoms with E-state index in [1.807, 2.05) is 0 Å². The van der Waals surface area contributed by atoms with Crippen LogP contribution in [0, 0.1) is 0 Å². The highest BCUT2D eigenvalue weighted by Crippen LogP contribution is 2.53. The molecule has 0 spiro atoms. The fourth-order valence-corrected chi connectivity index (χ4v) is 4.87. The minimum absolute atomic E-state index is 0.203. The number of aliphatic hydroxyl groups excluding tert-OH is 1. The summed E-state index contributed by atoms with van der Waals surface area (Å²) >= 11 is 0. The second-order valence-electron chi connectivity index (χ2n) is 10.3. The molecule has 0 bridgehead atoms. The Hall–Kier alpha value is -3.06. The highest BCUT2D eigenvalue weighted by molar-refractivity contribution is 7.48. The molecule has 0 amide bonds. The van der Waals surface area contributed by atoms with Crippen molar-refractivity contribution in [3.05, 3.63) is 12.0 Å². The van der Waals surface area contributed by atoms with Gasteiger partial charge in [0, 0.05) is 0 Å². The molecule has 20 heteroatoms. The van der Waals surface area contributed by atoms with Crippen LogP contribution in [0.3, 0.4) is 0 Å². The quantitative estimate of drug-likeness (QED) is 0.158. The number of rotatable bonds is 13. The summed E-state index contributed by atoms with van der Waals surface area (Å²) in [6.45, 7) is 7.58. The van der Waals surface area contributed by atoms with Crippen molar-refractivity contribution in [2.45, 2.75) is 90.6 Å². The molecule has 3 rings (SSSR count). The van der Waals surface area contributed by atoms with E-state index in [9.17, 15) is 24.4 Å². The van der Waals surface area contributed by atoms with Crippen molar-refractivity contribution in [2.75, 3.05) is 32.1 Å². The van der Waals surface area contributed by atoms with E-state index in [1.165, 1.54) is 10.9 Å². The number of aliphatic hydroxyl groups is 2. The zero-order chi connectivity index (χ0) is 32.9. The third kappa shape index (κ3) is 8.56. The van der Waals surface area contributed by atoms with Gasteiger partial charge in [-0.15, -0.1) is 0 Å². The van der Waals surface area contributed by atoms with Gasteiger partial charge in [0.15, 0.2) is 11.9 Å². The third-order valence-electron chi connectivity index (χ3n) is 5.81. The predicted molar refractivity (Wildman–Crippen MR) is 145 cm³/mol. The van der Waals surface area contributed by atoms with Gasteiger partial charge in [0.05, 0.1) is 25.1 Å². The Morgan fingerprint density at radius 1 is 1.14 bits per heavy atom. The predicted octanol–water partition coefficient (Wildman–Crippen LogP) is 2.94. The number of nitrogens with one attached hydrogen (secondary N) is 1. The van der Waals surface area contributed by atoms with Crippen molar-refractivity contribution >= 4 is 31.8 Å². The van der Waals surface area contributed by atoms with E-state index in [-0.39, 0.29) is 24.0 Å². The van der Waals surface area contributed by atoms with Crippen molar-refractivity contribution in [1.82, 2.24) is 9.55 Å². The molecule has 2 aliphatic rings. The average molecular weight is 657 g/mol. The summed E-state index contributed by atoms with van der Waals surface area (Å²) in [5.41, 5.74) is -2.05. The molecule has 0 aliphatic carbocycles. The molecular weight excluding hydrogens is 618 g/mol. The van der Waals surface area contributed by atoms with Crippen molar-refractivity contribution < 1.29 is 70.8 Å². The molecule has 5 atom stereocenters. The van der Waals surface area contributed by atoms with Crippen LogP contribution in [0.15, 0.2) is 11.3 Å². The fraction of sp³-hybridized carbons (Fsp3) is 0.750. The summed E-state index contributed by atoms with van der Waals surface area (Å²) in [7, 11) is -4.93. The van der Waals surface area contributed by atoms with Gasteiger partial charge in [0.1, 0.15) is 30.3 Å². The van der Waals surface area contributed by atoms with E-state index in [0.717, 1.165) is 6.92 Å². The second-order valence-corrected chi connectivity index (χ2v) is 11.9. The number of alkyl halides is 1. The highest BCUT2D eigenvalue weighted by Gasteiger charge is 2.64. The minimum atomic E-state index is -4.93. The van der Waals surface area contributed by atoms with Crippen LogP contribution in [0.25, 0.3) is 0 Å². The molecule has 18 nitrogen and oxygen atoms in total. The SMILES string of the molecule is CCOC1=NC(C)Nc2c1ncn2[C@@H]1O[C@](F)(COP(=O)(OCOC(=O)OC(C)C)OCOC(=O)OC(C)C)[C@@H](O)[C@@]1(C)O. The number of aromatic nitrogens is 2. The molecule has 1 aromatic heterocycles. The van der Waals surface area contributed by atoms with Crippen LogP contribution >= 0.6 is 7.82 Å². The monoisotopic (exact) mass is 656 g/mol. The molecule has 250 valence electrons. The van der Waals surface area contributed by atoms with Gasteiger partial charge in [-0.25, -0.2) is 37.6 Å². The Balaban J connectivity index is 1.77. The largest absolute Gasteiger partial charge is 0.510 e. The number of imidazole rings is 1. The van der Waals surface area contributed by atoms with Crippen molar-refractivity contribution in [2.24, 2.45) is 4.99 Å². The molecule has 3 N–H and O–H groups in total. The molecule has 3 heterocycles. The van der Waals surface area contributed by atoms with Gasteiger partial charge < -0.3 is 44.0 Å². The van der Waals surface area contributed by atoms with E-state index < -0.39 is 82.5 Å². The van der Waals surface area contributed by atoms with E-state index >= 15 is 4.39 Å². The van der Waals surface area contributed by atoms with Gasteiger partial charge in [0.25, 0.3) is 5.85 Å². The molecule has 1 saturated heterocycles. The number of phosphoric ester groups is 1. The van der Waals surface area contributed by atoms with Crippen LogP contribution in [0.1, 0.15) is 60.4 Å². The van der Waals surface area contributed by atoms with E-state index in [2.05, 4.69) is 24.8 Å². The maximum absolute atomic E-state index is 16.2. The number of hydrogen-bond acceptors (Lipinski definition) is 17. The Morgan fingerprint density at radius 2 is 1.70 bits per heavy atom.